The maximum atomic E-state index is 12.0. The number of benzene rings is 2. The molecule has 0 fully saturated rings. The van der Waals surface area contributed by atoms with Gasteiger partial charge in [0.05, 0.1) is 11.4 Å². The van der Waals surface area contributed by atoms with Gasteiger partial charge in [0.2, 0.25) is 5.91 Å². The van der Waals surface area contributed by atoms with Crippen LogP contribution in [-0.2, 0) is 19.7 Å². The van der Waals surface area contributed by atoms with Gasteiger partial charge in [-0.25, -0.2) is 0 Å². The smallest absolute Gasteiger partial charge is 0.303 e. The molecule has 2 aromatic carbocycles. The van der Waals surface area contributed by atoms with Gasteiger partial charge >= 0.3 is 5.97 Å². The second-order valence-corrected chi connectivity index (χ2v) is 12.3. The molecule has 40 heavy (non-hydrogen) atoms. The number of nitrogens with one attached hydrogen (secondary N) is 2. The Labute approximate surface area is 239 Å². The third kappa shape index (κ3) is 10.2. The van der Waals surface area contributed by atoms with E-state index in [9.17, 15) is 18.0 Å². The molecular formula is C24H29N7O6S3. The van der Waals surface area contributed by atoms with E-state index in [0.717, 1.165) is 15.8 Å². The lowest BCUT2D eigenvalue weighted by Gasteiger charge is -2.26. The average molecular weight is 608 g/mol. The number of rotatable bonds is 15. The van der Waals surface area contributed by atoms with Crippen LogP contribution in [0.25, 0.3) is 0 Å². The van der Waals surface area contributed by atoms with Crippen molar-refractivity contribution >= 4 is 78.7 Å². The first-order chi connectivity index (χ1) is 19.0. The number of carboxylic acids is 1. The summed E-state index contributed by atoms with van der Waals surface area (Å²) in [7, 11) is -4.08. The number of thioether (sulfide) groups is 1. The second kappa shape index (κ2) is 14.7. The Morgan fingerprint density at radius 3 is 2.48 bits per heavy atom. The number of nitrogens with zero attached hydrogens (tertiary/aromatic N) is 5. The van der Waals surface area contributed by atoms with E-state index in [2.05, 4.69) is 31.1 Å². The Bertz CT molecular complexity index is 1450. The number of hydrogen-bond donors (Lipinski definition) is 4. The summed E-state index contributed by atoms with van der Waals surface area (Å²) in [5, 5.41) is 31.7. The molecular weight excluding hydrogens is 579 g/mol. The molecule has 214 valence electrons. The number of hydrogen-bond acceptors (Lipinski definition) is 12. The van der Waals surface area contributed by atoms with Gasteiger partial charge < -0.3 is 20.6 Å². The van der Waals surface area contributed by atoms with Gasteiger partial charge in [-0.05, 0) is 54.6 Å². The number of carboxylic acid groups (broad SMARTS) is 1. The molecule has 0 saturated carbocycles. The van der Waals surface area contributed by atoms with Crippen molar-refractivity contribution in [2.45, 2.75) is 31.0 Å². The molecule has 0 aliphatic carbocycles. The monoisotopic (exact) mass is 607 g/mol. The highest BCUT2D eigenvalue weighted by Gasteiger charge is 2.15. The largest absolute Gasteiger partial charge is 0.481 e. The van der Waals surface area contributed by atoms with Crippen molar-refractivity contribution in [3.63, 3.8) is 0 Å². The van der Waals surface area contributed by atoms with E-state index < -0.39 is 21.8 Å². The molecule has 1 heterocycles. The summed E-state index contributed by atoms with van der Waals surface area (Å²) in [6, 6.07) is 12.3. The summed E-state index contributed by atoms with van der Waals surface area (Å²) in [6.45, 7) is 3.79. The molecule has 3 rings (SSSR count). The second-order valence-electron chi connectivity index (χ2n) is 8.27. The minimum absolute atomic E-state index is 0.0310. The van der Waals surface area contributed by atoms with Crippen LogP contribution < -0.4 is 15.5 Å². The van der Waals surface area contributed by atoms with Crippen LogP contribution in [-0.4, -0.2) is 64.7 Å². The molecule has 0 saturated heterocycles. The van der Waals surface area contributed by atoms with Crippen molar-refractivity contribution in [2.24, 2.45) is 10.2 Å². The molecule has 0 spiro atoms. The first-order valence-electron chi connectivity index (χ1n) is 12.1. The van der Waals surface area contributed by atoms with Crippen LogP contribution >= 0.6 is 23.1 Å². The zero-order valence-electron chi connectivity index (χ0n) is 21.8. The van der Waals surface area contributed by atoms with E-state index >= 15 is 0 Å². The molecule has 0 aliphatic heterocycles. The maximum absolute atomic E-state index is 12.0. The lowest BCUT2D eigenvalue weighted by Crippen LogP contribution is -2.20. The molecule has 0 aliphatic rings. The minimum Gasteiger partial charge on any atom is -0.481 e. The first-order valence-corrected chi connectivity index (χ1v) is 15.5. The van der Waals surface area contributed by atoms with Crippen LogP contribution in [0.4, 0.5) is 33.6 Å². The molecule has 1 amide bonds. The SMILES string of the molecule is CCSc1nnc(N=Nc2ccc(N(CCCC(=O)O)c3ccc(NCCS(=O)(=O)O)cc3)cc2NC(C)=O)s1. The molecule has 4 N–H and O–H groups in total. The zero-order valence-corrected chi connectivity index (χ0v) is 24.2. The molecule has 1 aromatic heterocycles. The third-order valence-electron chi connectivity index (χ3n) is 5.15. The summed E-state index contributed by atoms with van der Waals surface area (Å²) in [5.74, 6) is -0.783. The van der Waals surface area contributed by atoms with Crippen molar-refractivity contribution in [1.82, 2.24) is 10.2 Å². The van der Waals surface area contributed by atoms with Crippen LogP contribution in [0, 0.1) is 0 Å². The van der Waals surface area contributed by atoms with E-state index in [1.165, 1.54) is 18.3 Å². The number of amides is 1. The highest BCUT2D eigenvalue weighted by Crippen LogP contribution is 2.36. The summed E-state index contributed by atoms with van der Waals surface area (Å²) < 4.78 is 31.6. The zero-order chi connectivity index (χ0) is 29.1. The lowest BCUT2D eigenvalue weighted by atomic mass is 10.1. The predicted octanol–water partition coefficient (Wildman–Crippen LogP) is 5.33. The molecule has 3 aromatic rings. The number of aromatic nitrogens is 2. The van der Waals surface area contributed by atoms with Gasteiger partial charge in [-0.1, -0.05) is 30.0 Å². The standard InChI is InChI=1S/C24H29N7O6S3/c1-3-38-24-30-29-23(39-24)28-27-20-11-10-19(15-21(20)26-16(2)32)31(13-4-5-22(33)34)18-8-6-17(7-9-18)25-12-14-40(35,36)37/h6-11,15,25H,3-5,12-14H2,1-2H3,(H,26,32)(H,33,34)(H,35,36,37). The fourth-order valence-electron chi connectivity index (χ4n) is 3.47. The molecule has 0 radical (unpaired) electrons. The highest BCUT2D eigenvalue weighted by atomic mass is 32.2. The molecule has 0 unspecified atom stereocenters. The van der Waals surface area contributed by atoms with Gasteiger partial charge in [0.15, 0.2) is 4.34 Å². The average Bonchev–Trinajstić information content (AvgIpc) is 3.33. The summed E-state index contributed by atoms with van der Waals surface area (Å²) in [5.41, 5.74) is 2.88. The van der Waals surface area contributed by atoms with Crippen LogP contribution in [0.3, 0.4) is 0 Å². The Balaban J connectivity index is 1.88. The minimum atomic E-state index is -4.08. The number of carbonyl (C=O) groups is 2. The van der Waals surface area contributed by atoms with Crippen molar-refractivity contribution in [3.05, 3.63) is 42.5 Å². The Morgan fingerprint density at radius 1 is 1.10 bits per heavy atom. The Morgan fingerprint density at radius 2 is 1.82 bits per heavy atom. The Kier molecular flexibility index (Phi) is 11.4. The molecule has 13 nitrogen and oxygen atoms in total. The van der Waals surface area contributed by atoms with E-state index in [1.807, 2.05) is 11.8 Å². The van der Waals surface area contributed by atoms with E-state index in [-0.39, 0.29) is 18.9 Å². The van der Waals surface area contributed by atoms with Gasteiger partial charge in [0.1, 0.15) is 5.69 Å². The number of aliphatic carboxylic acids is 1. The van der Waals surface area contributed by atoms with Gasteiger partial charge in [-0.3, -0.25) is 14.1 Å². The first kappa shape index (κ1) is 30.9. The van der Waals surface area contributed by atoms with E-state index in [4.69, 9.17) is 9.66 Å². The number of anilines is 4. The maximum Gasteiger partial charge on any atom is 0.303 e. The van der Waals surface area contributed by atoms with Crippen molar-refractivity contribution in [2.75, 3.05) is 40.1 Å². The fourth-order valence-corrected chi connectivity index (χ4v) is 5.39. The van der Waals surface area contributed by atoms with Gasteiger partial charge in [0, 0.05) is 43.5 Å². The number of azo groups is 1. The van der Waals surface area contributed by atoms with Crippen molar-refractivity contribution in [3.8, 4) is 0 Å². The molecule has 16 heteroatoms. The Hall–Kier alpha value is -3.60. The van der Waals surface area contributed by atoms with Gasteiger partial charge in [0.25, 0.3) is 15.2 Å². The fraction of sp³-hybridized carbons (Fsp3) is 0.333. The summed E-state index contributed by atoms with van der Waals surface area (Å²) >= 11 is 2.86. The summed E-state index contributed by atoms with van der Waals surface area (Å²) in [6.07, 6.45) is 0.326. The highest BCUT2D eigenvalue weighted by molar-refractivity contribution is 8.01. The van der Waals surface area contributed by atoms with Crippen LogP contribution in [0.5, 0.6) is 0 Å². The lowest BCUT2D eigenvalue weighted by molar-refractivity contribution is -0.137. The normalized spacial score (nSPS) is 11.5. The molecule has 0 bridgehead atoms. The van der Waals surface area contributed by atoms with Crippen molar-refractivity contribution < 1.29 is 27.7 Å². The van der Waals surface area contributed by atoms with Crippen LogP contribution in [0.15, 0.2) is 57.0 Å². The molecule has 0 atom stereocenters. The van der Waals surface area contributed by atoms with Crippen LogP contribution in [0.1, 0.15) is 26.7 Å². The predicted molar refractivity (Wildman–Crippen MR) is 156 cm³/mol. The van der Waals surface area contributed by atoms with Gasteiger partial charge in [-0.2, -0.15) is 8.42 Å². The van der Waals surface area contributed by atoms with Crippen molar-refractivity contribution in [1.29, 1.82) is 0 Å². The van der Waals surface area contributed by atoms with Crippen LogP contribution in [0.2, 0.25) is 0 Å². The summed E-state index contributed by atoms with van der Waals surface area (Å²) in [4.78, 5) is 25.0. The third-order valence-corrected chi connectivity index (χ3v) is 7.69. The quantitative estimate of drug-likeness (QED) is 0.0994. The van der Waals surface area contributed by atoms with E-state index in [1.54, 1.807) is 54.2 Å². The van der Waals surface area contributed by atoms with Gasteiger partial charge in [-0.15, -0.1) is 20.4 Å². The van der Waals surface area contributed by atoms with E-state index in [0.29, 0.717) is 40.8 Å². The number of carbonyl (C=O) groups excluding carboxylic acids is 1. The topological polar surface area (TPSA) is 187 Å².